The minimum atomic E-state index is 0. The third-order valence-electron chi connectivity index (χ3n) is 3.21. The minimum Gasteiger partial charge on any atom is -0.370 e. The van der Waals surface area contributed by atoms with Crippen molar-refractivity contribution in [2.45, 2.75) is 20.8 Å². The number of halogens is 1. The maximum Gasteiger partial charge on any atom is 0.0446 e. The molecule has 2 aromatic rings. The van der Waals surface area contributed by atoms with Crippen molar-refractivity contribution in [2.24, 2.45) is 5.41 Å². The Balaban J connectivity index is 0.00000242. The maximum absolute atomic E-state index is 3.21. The highest BCUT2D eigenvalue weighted by Crippen LogP contribution is 2.25. The van der Waals surface area contributed by atoms with Gasteiger partial charge >= 0.3 is 0 Å². The molecule has 0 unspecified atom stereocenters. The van der Waals surface area contributed by atoms with Crippen molar-refractivity contribution >= 4 is 28.9 Å². The number of likely N-dealkylation sites (N-methyl/N-ethyl adjacent to an activating group) is 1. The van der Waals surface area contributed by atoms with E-state index in [9.17, 15) is 0 Å². The van der Waals surface area contributed by atoms with E-state index < -0.39 is 0 Å². The van der Waals surface area contributed by atoms with Gasteiger partial charge in [0.05, 0.1) is 0 Å². The van der Waals surface area contributed by atoms with Gasteiger partial charge in [-0.2, -0.15) is 0 Å². The third-order valence-corrected chi connectivity index (χ3v) is 3.21. The molecule has 22 heavy (non-hydrogen) atoms. The van der Waals surface area contributed by atoms with Crippen molar-refractivity contribution in [3.8, 4) is 11.8 Å². The van der Waals surface area contributed by atoms with E-state index in [4.69, 9.17) is 0 Å². The number of anilines is 1. The van der Waals surface area contributed by atoms with E-state index in [1.165, 1.54) is 16.5 Å². The Bertz CT molecular complexity index is 693. The van der Waals surface area contributed by atoms with Crippen molar-refractivity contribution < 1.29 is 0 Å². The summed E-state index contributed by atoms with van der Waals surface area (Å²) in [6, 6.07) is 14.9. The number of hydrogen-bond donors (Lipinski definition) is 0. The lowest BCUT2D eigenvalue weighted by atomic mass is 9.98. The molecule has 0 saturated heterocycles. The largest absolute Gasteiger partial charge is 0.370 e. The summed E-state index contributed by atoms with van der Waals surface area (Å²) in [4.78, 5) is 2.25. The third kappa shape index (κ3) is 5.13. The van der Waals surface area contributed by atoms with Crippen LogP contribution in [-0.4, -0.2) is 13.6 Å². The second-order valence-electron chi connectivity index (χ2n) is 6.30. The van der Waals surface area contributed by atoms with Crippen LogP contribution in [0.5, 0.6) is 0 Å². The number of allylic oxidation sites excluding steroid dienone is 1. The van der Waals surface area contributed by atoms with Gasteiger partial charge in [-0.15, -0.1) is 12.4 Å². The minimum absolute atomic E-state index is 0. The first-order valence-corrected chi connectivity index (χ1v) is 7.34. The van der Waals surface area contributed by atoms with Gasteiger partial charge in [0.15, 0.2) is 0 Å². The SMILES string of the molecule is CN(C/C=C/C#CC(C)(C)C)c1cccc2ccccc12.Cl. The molecule has 0 amide bonds. The normalized spacial score (nSPS) is 10.9. The molecule has 2 rings (SSSR count). The summed E-state index contributed by atoms with van der Waals surface area (Å²) in [5.41, 5.74) is 1.31. The topological polar surface area (TPSA) is 3.24 Å². The Labute approximate surface area is 140 Å². The summed E-state index contributed by atoms with van der Waals surface area (Å²) >= 11 is 0. The van der Waals surface area contributed by atoms with Gasteiger partial charge in [0.2, 0.25) is 0 Å². The Kier molecular flexibility index (Phi) is 6.53. The summed E-state index contributed by atoms with van der Waals surface area (Å²) in [6.45, 7) is 7.22. The zero-order valence-electron chi connectivity index (χ0n) is 13.8. The zero-order valence-corrected chi connectivity index (χ0v) is 14.6. The zero-order chi connectivity index (χ0) is 15.3. The van der Waals surface area contributed by atoms with Gasteiger partial charge < -0.3 is 4.90 Å². The van der Waals surface area contributed by atoms with Gasteiger partial charge in [-0.1, -0.05) is 54.3 Å². The molecule has 0 fully saturated rings. The van der Waals surface area contributed by atoms with E-state index in [1.807, 2.05) is 6.08 Å². The Hall–Kier alpha value is -1.91. The molecule has 0 spiro atoms. The second-order valence-corrected chi connectivity index (χ2v) is 6.30. The molecule has 0 aliphatic rings. The molecule has 116 valence electrons. The van der Waals surface area contributed by atoms with Gasteiger partial charge in [-0.05, 0) is 38.3 Å². The van der Waals surface area contributed by atoms with Gasteiger partial charge in [0.25, 0.3) is 0 Å². The molecule has 0 atom stereocenters. The number of hydrogen-bond acceptors (Lipinski definition) is 1. The molecule has 2 aromatic carbocycles. The predicted molar refractivity (Wildman–Crippen MR) is 101 cm³/mol. The van der Waals surface area contributed by atoms with Crippen LogP contribution < -0.4 is 4.90 Å². The number of rotatable bonds is 3. The highest BCUT2D eigenvalue weighted by molar-refractivity contribution is 5.94. The molecule has 0 saturated carbocycles. The number of fused-ring (bicyclic) bond motifs is 1. The van der Waals surface area contributed by atoms with Crippen molar-refractivity contribution in [1.29, 1.82) is 0 Å². The van der Waals surface area contributed by atoms with Crippen LogP contribution in [-0.2, 0) is 0 Å². The van der Waals surface area contributed by atoms with E-state index in [0.29, 0.717) is 0 Å². The summed E-state index contributed by atoms with van der Waals surface area (Å²) in [5, 5.41) is 2.56. The van der Waals surface area contributed by atoms with Crippen molar-refractivity contribution in [3.63, 3.8) is 0 Å². The van der Waals surface area contributed by atoms with Crippen LogP contribution in [0.25, 0.3) is 10.8 Å². The number of benzene rings is 2. The first-order chi connectivity index (χ1) is 9.97. The monoisotopic (exact) mass is 313 g/mol. The summed E-state index contributed by atoms with van der Waals surface area (Å²) in [6.07, 6.45) is 4.06. The van der Waals surface area contributed by atoms with Crippen LogP contribution >= 0.6 is 12.4 Å². The lowest BCUT2D eigenvalue weighted by Crippen LogP contribution is -2.16. The molecule has 1 nitrogen and oxygen atoms in total. The summed E-state index contributed by atoms with van der Waals surface area (Å²) < 4.78 is 0. The van der Waals surface area contributed by atoms with Crippen LogP contribution in [0.2, 0.25) is 0 Å². The molecule has 2 heteroatoms. The van der Waals surface area contributed by atoms with Crippen molar-refractivity contribution in [1.82, 2.24) is 0 Å². The van der Waals surface area contributed by atoms with E-state index >= 15 is 0 Å². The summed E-state index contributed by atoms with van der Waals surface area (Å²) in [7, 11) is 2.11. The lowest BCUT2D eigenvalue weighted by molar-refractivity contribution is 0.571. The highest BCUT2D eigenvalue weighted by atomic mass is 35.5. The Morgan fingerprint density at radius 3 is 2.45 bits per heavy atom. The smallest absolute Gasteiger partial charge is 0.0446 e. The standard InChI is InChI=1S/C20H23N.ClH/c1-20(2,3)15-8-5-9-16-21(4)19-14-10-12-17-11-6-7-13-18(17)19;/h5-7,9-14H,16H2,1-4H3;1H/b9-5+;. The van der Waals surface area contributed by atoms with E-state index in [2.05, 4.69) is 93.1 Å². The molecule has 0 aliphatic heterocycles. The predicted octanol–water partition coefficient (Wildman–Crippen LogP) is 5.30. The average Bonchev–Trinajstić information content (AvgIpc) is 2.45. The molecule has 0 aliphatic carbocycles. The quantitative estimate of drug-likeness (QED) is 0.695. The molecule has 0 heterocycles. The fourth-order valence-electron chi connectivity index (χ4n) is 2.17. The molecule has 0 aromatic heterocycles. The Morgan fingerprint density at radius 1 is 1.05 bits per heavy atom. The van der Waals surface area contributed by atoms with Crippen LogP contribution in [0.15, 0.2) is 54.6 Å². The number of nitrogens with zero attached hydrogens (tertiary/aromatic N) is 1. The fraction of sp³-hybridized carbons (Fsp3) is 0.300. The molecular formula is C20H24ClN. The van der Waals surface area contributed by atoms with Crippen LogP contribution in [0.4, 0.5) is 5.69 Å². The first-order valence-electron chi connectivity index (χ1n) is 7.34. The molecule has 0 bridgehead atoms. The fourth-order valence-corrected chi connectivity index (χ4v) is 2.17. The van der Waals surface area contributed by atoms with Crippen molar-refractivity contribution in [3.05, 3.63) is 54.6 Å². The van der Waals surface area contributed by atoms with Gasteiger partial charge in [-0.25, -0.2) is 0 Å². The highest BCUT2D eigenvalue weighted by Gasteiger charge is 2.04. The summed E-state index contributed by atoms with van der Waals surface area (Å²) in [5.74, 6) is 6.32. The average molecular weight is 314 g/mol. The van der Waals surface area contributed by atoms with Gasteiger partial charge in [-0.3, -0.25) is 0 Å². The van der Waals surface area contributed by atoms with E-state index in [-0.39, 0.29) is 17.8 Å². The molecular weight excluding hydrogens is 290 g/mol. The van der Waals surface area contributed by atoms with Gasteiger partial charge in [0, 0.05) is 30.1 Å². The second kappa shape index (κ2) is 7.92. The Morgan fingerprint density at radius 2 is 1.73 bits per heavy atom. The first kappa shape index (κ1) is 18.1. The van der Waals surface area contributed by atoms with Crippen LogP contribution in [0, 0.1) is 17.3 Å². The van der Waals surface area contributed by atoms with Gasteiger partial charge in [0.1, 0.15) is 0 Å². The van der Waals surface area contributed by atoms with Crippen molar-refractivity contribution in [2.75, 3.05) is 18.5 Å². The van der Waals surface area contributed by atoms with E-state index in [1.54, 1.807) is 0 Å². The maximum atomic E-state index is 3.21. The molecule has 0 radical (unpaired) electrons. The van der Waals surface area contributed by atoms with Crippen LogP contribution in [0.1, 0.15) is 20.8 Å². The lowest BCUT2D eigenvalue weighted by Gasteiger charge is -2.19. The van der Waals surface area contributed by atoms with E-state index in [0.717, 1.165) is 6.54 Å². The molecule has 0 N–H and O–H groups in total. The van der Waals surface area contributed by atoms with Crippen LogP contribution in [0.3, 0.4) is 0 Å².